The lowest BCUT2D eigenvalue weighted by atomic mass is 9.63. The maximum atomic E-state index is 9.59. The zero-order chi connectivity index (χ0) is 13.5. The van der Waals surface area contributed by atoms with Crippen LogP contribution in [0.5, 0.6) is 0 Å². The molecule has 19 heavy (non-hydrogen) atoms. The predicted octanol–water partition coefficient (Wildman–Crippen LogP) is 2.86. The van der Waals surface area contributed by atoms with Crippen LogP contribution in [-0.2, 0) is 0 Å². The Hall–Kier alpha value is -1.86. The lowest BCUT2D eigenvalue weighted by molar-refractivity contribution is 0.0749. The number of nitrogens with one attached hydrogen (secondary N) is 1. The second-order valence-electron chi connectivity index (χ2n) is 5.67. The summed E-state index contributed by atoms with van der Waals surface area (Å²) in [6.45, 7) is 0. The Morgan fingerprint density at radius 1 is 1.42 bits per heavy atom. The summed E-state index contributed by atoms with van der Waals surface area (Å²) in [5.74, 6) is 0. The van der Waals surface area contributed by atoms with Gasteiger partial charge in [-0.3, -0.25) is 0 Å². The number of hydrogen-bond acceptors (Lipinski definition) is 3. The van der Waals surface area contributed by atoms with Gasteiger partial charge in [0.2, 0.25) is 0 Å². The molecule has 1 saturated carbocycles. The Kier molecular flexibility index (Phi) is 2.79. The number of benzene rings is 1. The van der Waals surface area contributed by atoms with Gasteiger partial charge in [-0.05, 0) is 44.6 Å². The van der Waals surface area contributed by atoms with Gasteiger partial charge in [-0.15, -0.1) is 0 Å². The monoisotopic (exact) mass is 254 g/mol. The van der Waals surface area contributed by atoms with Gasteiger partial charge in [0, 0.05) is 0 Å². The number of aromatic amines is 1. The smallest absolute Gasteiger partial charge is 0.0931 e. The molecule has 0 bridgehead atoms. The molecule has 1 unspecified atom stereocenters. The Morgan fingerprint density at radius 2 is 2.21 bits per heavy atom. The zero-order valence-corrected chi connectivity index (χ0v) is 11.3. The van der Waals surface area contributed by atoms with Crippen LogP contribution in [0.25, 0.3) is 11.0 Å². The molecule has 4 heteroatoms. The first-order chi connectivity index (χ1) is 9.16. The molecule has 3 rings (SSSR count). The average molecular weight is 254 g/mol. The molecule has 0 radical (unpaired) electrons. The summed E-state index contributed by atoms with van der Waals surface area (Å²) in [5, 5.41) is 9.59. The van der Waals surface area contributed by atoms with Crippen molar-refractivity contribution in [3.8, 4) is 6.07 Å². The number of hydrogen-bond donors (Lipinski definition) is 1. The normalized spacial score (nSPS) is 19.1. The highest BCUT2D eigenvalue weighted by molar-refractivity contribution is 5.75. The minimum Gasteiger partial charge on any atom is -0.345 e. The maximum Gasteiger partial charge on any atom is 0.0931 e. The molecule has 1 atom stereocenters. The highest BCUT2D eigenvalue weighted by atomic mass is 15.1. The fourth-order valence-corrected chi connectivity index (χ4v) is 3.24. The van der Waals surface area contributed by atoms with Crippen LogP contribution in [0.15, 0.2) is 24.5 Å². The second-order valence-corrected chi connectivity index (χ2v) is 5.67. The number of aromatic nitrogens is 2. The molecule has 0 spiro atoms. The second kappa shape index (κ2) is 4.36. The number of H-pyrrole nitrogens is 1. The first-order valence-electron chi connectivity index (χ1n) is 6.67. The van der Waals surface area contributed by atoms with Gasteiger partial charge in [-0.1, -0.05) is 12.5 Å². The molecule has 0 amide bonds. The first-order valence-corrected chi connectivity index (χ1v) is 6.67. The van der Waals surface area contributed by atoms with Crippen LogP contribution < -0.4 is 0 Å². The van der Waals surface area contributed by atoms with Gasteiger partial charge in [-0.25, -0.2) is 4.98 Å². The van der Waals surface area contributed by atoms with E-state index >= 15 is 0 Å². The fourth-order valence-electron chi connectivity index (χ4n) is 3.24. The topological polar surface area (TPSA) is 55.7 Å². The summed E-state index contributed by atoms with van der Waals surface area (Å²) < 4.78 is 0. The molecule has 1 heterocycles. The van der Waals surface area contributed by atoms with Gasteiger partial charge in [0.1, 0.15) is 0 Å². The van der Waals surface area contributed by atoms with E-state index in [0.29, 0.717) is 0 Å². The van der Waals surface area contributed by atoms with Crippen LogP contribution in [0.2, 0.25) is 0 Å². The van der Waals surface area contributed by atoms with E-state index in [1.807, 2.05) is 6.07 Å². The standard InChI is InChI=1S/C15H18N4/c1-19(2)14(15(9-16)6-3-7-15)11-4-5-12-13(8-11)18-10-17-12/h4-5,8,10,14H,3,6-7H2,1-2H3,(H,17,18). The minimum absolute atomic E-state index is 0.152. The Balaban J connectivity index is 2.07. The molecule has 1 aliphatic rings. The third-order valence-electron chi connectivity index (χ3n) is 4.27. The fraction of sp³-hybridized carbons (Fsp3) is 0.467. The first kappa shape index (κ1) is 12.2. The van der Waals surface area contributed by atoms with Crippen LogP contribution in [0, 0.1) is 16.7 Å². The molecule has 98 valence electrons. The van der Waals surface area contributed by atoms with Crippen molar-refractivity contribution in [2.24, 2.45) is 5.41 Å². The molecule has 1 N–H and O–H groups in total. The Bertz CT molecular complexity index is 631. The van der Waals surface area contributed by atoms with Gasteiger partial charge in [-0.2, -0.15) is 5.26 Å². The van der Waals surface area contributed by atoms with E-state index in [1.54, 1.807) is 6.33 Å². The average Bonchev–Trinajstić information content (AvgIpc) is 2.80. The van der Waals surface area contributed by atoms with Crippen LogP contribution in [-0.4, -0.2) is 29.0 Å². The van der Waals surface area contributed by atoms with Gasteiger partial charge >= 0.3 is 0 Å². The van der Waals surface area contributed by atoms with E-state index in [2.05, 4.69) is 47.2 Å². The molecule has 1 aliphatic carbocycles. The molecule has 0 aliphatic heterocycles. The van der Waals surface area contributed by atoms with Crippen LogP contribution in [0.3, 0.4) is 0 Å². The van der Waals surface area contributed by atoms with Gasteiger partial charge < -0.3 is 9.88 Å². The molecular weight excluding hydrogens is 236 g/mol. The maximum absolute atomic E-state index is 9.59. The van der Waals surface area contributed by atoms with E-state index in [4.69, 9.17) is 0 Å². The van der Waals surface area contributed by atoms with Crippen LogP contribution in [0.4, 0.5) is 0 Å². The number of fused-ring (bicyclic) bond motifs is 1. The third-order valence-corrected chi connectivity index (χ3v) is 4.27. The molecule has 0 saturated heterocycles. The third kappa shape index (κ3) is 1.82. The number of nitrogens with zero attached hydrogens (tertiary/aromatic N) is 3. The highest BCUT2D eigenvalue weighted by Gasteiger charge is 2.46. The highest BCUT2D eigenvalue weighted by Crippen LogP contribution is 2.51. The predicted molar refractivity (Wildman–Crippen MR) is 74.4 cm³/mol. The van der Waals surface area contributed by atoms with Gasteiger partial charge in [0.25, 0.3) is 0 Å². The number of imidazole rings is 1. The van der Waals surface area contributed by atoms with Crippen molar-refractivity contribution in [3.63, 3.8) is 0 Å². The van der Waals surface area contributed by atoms with Crippen molar-refractivity contribution < 1.29 is 0 Å². The van der Waals surface area contributed by atoms with E-state index in [-0.39, 0.29) is 11.5 Å². The van der Waals surface area contributed by atoms with Crippen LogP contribution >= 0.6 is 0 Å². The largest absolute Gasteiger partial charge is 0.345 e. The zero-order valence-electron chi connectivity index (χ0n) is 11.3. The van der Waals surface area contributed by atoms with Crippen LogP contribution in [0.1, 0.15) is 30.9 Å². The minimum atomic E-state index is -0.225. The quantitative estimate of drug-likeness (QED) is 0.916. The molecule has 1 fully saturated rings. The van der Waals surface area contributed by atoms with Gasteiger partial charge in [0.05, 0.1) is 34.9 Å². The SMILES string of the molecule is CN(C)C(c1ccc2nc[nH]c2c1)C1(C#N)CCC1. The number of nitriles is 1. The Labute approximate surface area is 113 Å². The molecule has 1 aromatic carbocycles. The molecule has 4 nitrogen and oxygen atoms in total. The van der Waals surface area contributed by atoms with Crippen molar-refractivity contribution >= 4 is 11.0 Å². The lowest BCUT2D eigenvalue weighted by Crippen LogP contribution is -2.41. The lowest BCUT2D eigenvalue weighted by Gasteiger charge is -2.45. The van der Waals surface area contributed by atoms with Crippen molar-refractivity contribution in [1.82, 2.24) is 14.9 Å². The van der Waals surface area contributed by atoms with Crippen molar-refractivity contribution in [1.29, 1.82) is 5.26 Å². The summed E-state index contributed by atoms with van der Waals surface area (Å²) >= 11 is 0. The van der Waals surface area contributed by atoms with E-state index in [0.717, 1.165) is 30.3 Å². The van der Waals surface area contributed by atoms with Crippen molar-refractivity contribution in [3.05, 3.63) is 30.1 Å². The molecule has 1 aromatic heterocycles. The van der Waals surface area contributed by atoms with Crippen molar-refractivity contribution in [2.45, 2.75) is 25.3 Å². The summed E-state index contributed by atoms with van der Waals surface area (Å²) in [6.07, 6.45) is 4.85. The summed E-state index contributed by atoms with van der Waals surface area (Å²) in [5.41, 5.74) is 2.98. The molecule has 2 aromatic rings. The summed E-state index contributed by atoms with van der Waals surface area (Å²) in [7, 11) is 4.11. The Morgan fingerprint density at radius 3 is 2.79 bits per heavy atom. The van der Waals surface area contributed by atoms with E-state index < -0.39 is 0 Å². The van der Waals surface area contributed by atoms with E-state index in [9.17, 15) is 5.26 Å². The van der Waals surface area contributed by atoms with E-state index in [1.165, 1.54) is 5.56 Å². The van der Waals surface area contributed by atoms with Crippen molar-refractivity contribution in [2.75, 3.05) is 14.1 Å². The molecular formula is C15H18N4. The number of rotatable bonds is 3. The van der Waals surface area contributed by atoms with Gasteiger partial charge in [0.15, 0.2) is 0 Å². The summed E-state index contributed by atoms with van der Waals surface area (Å²) in [6, 6.07) is 8.98. The summed E-state index contributed by atoms with van der Waals surface area (Å²) in [4.78, 5) is 9.56.